The molecule has 0 saturated heterocycles. The number of carbonyl (C=O) groups excluding carboxylic acids is 1. The third-order valence-corrected chi connectivity index (χ3v) is 3.29. The molecule has 1 N–H and O–H groups in total. The lowest BCUT2D eigenvalue weighted by Crippen LogP contribution is -2.06. The third kappa shape index (κ3) is 4.55. The van der Waals surface area contributed by atoms with Crippen LogP contribution in [0, 0.1) is 0 Å². The molecule has 66 valence electrons. The lowest BCUT2D eigenvalue weighted by molar-refractivity contribution is -0.109. The lowest BCUT2D eigenvalue weighted by Gasteiger charge is -2.11. The Morgan fingerprint density at radius 3 is 2.18 bits per heavy atom. The van der Waals surface area contributed by atoms with Crippen molar-refractivity contribution in [3.8, 4) is 0 Å². The summed E-state index contributed by atoms with van der Waals surface area (Å²) in [5.74, 6) is 0. The monoisotopic (exact) mass is 199 g/mol. The second-order valence-electron chi connectivity index (χ2n) is 1.55. The Bertz CT molecular complexity index is 177. The van der Waals surface area contributed by atoms with Gasteiger partial charge >= 0.3 is 7.75 Å². The largest absolute Gasteiger partial charge is 0.414 e. The van der Waals surface area contributed by atoms with Crippen molar-refractivity contribution in [2.24, 2.45) is 0 Å². The van der Waals surface area contributed by atoms with E-state index in [1.54, 1.807) is 0 Å². The van der Waals surface area contributed by atoms with Crippen LogP contribution in [0.3, 0.4) is 0 Å². The Morgan fingerprint density at radius 1 is 1.45 bits per heavy atom. The molecule has 0 fully saturated rings. The maximum absolute atomic E-state index is 11.1. The van der Waals surface area contributed by atoms with Crippen molar-refractivity contribution in [3.05, 3.63) is 0 Å². The van der Waals surface area contributed by atoms with Crippen molar-refractivity contribution in [1.29, 1.82) is 0 Å². The van der Waals surface area contributed by atoms with E-state index in [-0.39, 0.29) is 5.12 Å². The fourth-order valence-corrected chi connectivity index (χ4v) is 1.98. The average molecular weight is 199 g/mol. The van der Waals surface area contributed by atoms with Crippen LogP contribution in [0.1, 0.15) is 6.92 Å². The topological polar surface area (TPSA) is 64.6 Å². The van der Waals surface area contributed by atoms with Gasteiger partial charge in [-0.25, -0.2) is 4.57 Å². The minimum absolute atomic E-state index is 0.209. The summed E-state index contributed by atoms with van der Waals surface area (Å²) in [6.45, 7) is 1.34. The van der Waals surface area contributed by atoms with Crippen LogP contribution < -0.4 is 4.49 Å². The second kappa shape index (κ2) is 4.90. The molecular formula is C4H10NO4PS. The zero-order valence-electron chi connectivity index (χ0n) is 6.49. The van der Waals surface area contributed by atoms with Gasteiger partial charge in [-0.15, -0.1) is 0 Å². The average Bonchev–Trinajstić information content (AvgIpc) is 2.00. The highest BCUT2D eigenvalue weighted by Gasteiger charge is 2.21. The van der Waals surface area contributed by atoms with Gasteiger partial charge in [0.2, 0.25) is 5.12 Å². The first-order valence-electron chi connectivity index (χ1n) is 2.70. The molecule has 0 aliphatic rings. The molecule has 0 saturated carbocycles. The number of hydrogen-bond donors (Lipinski definition) is 1. The highest BCUT2D eigenvalue weighted by molar-refractivity contribution is 8.14. The highest BCUT2D eigenvalue weighted by Crippen LogP contribution is 2.43. The summed E-state index contributed by atoms with van der Waals surface area (Å²) in [5.41, 5.74) is 0. The number of hydrogen-bond acceptors (Lipinski definition) is 5. The zero-order valence-corrected chi connectivity index (χ0v) is 8.20. The fourth-order valence-electron chi connectivity index (χ4n) is 0.269. The van der Waals surface area contributed by atoms with E-state index in [0.29, 0.717) is 11.9 Å². The van der Waals surface area contributed by atoms with E-state index in [0.717, 1.165) is 0 Å². The Labute approximate surface area is 69.6 Å². The number of carbonyl (C=O) groups is 1. The van der Waals surface area contributed by atoms with Gasteiger partial charge in [-0.3, -0.25) is 13.8 Å². The van der Waals surface area contributed by atoms with Crippen LogP contribution in [0.4, 0.5) is 0 Å². The first kappa shape index (κ1) is 11.1. The third-order valence-electron chi connectivity index (χ3n) is 0.782. The number of rotatable bonds is 4. The predicted molar refractivity (Wildman–Crippen MR) is 43.0 cm³/mol. The van der Waals surface area contributed by atoms with Gasteiger partial charge in [0.25, 0.3) is 0 Å². The predicted octanol–water partition coefficient (Wildman–Crippen LogP) is 1.17. The van der Waals surface area contributed by atoms with Crippen molar-refractivity contribution < 1.29 is 18.4 Å². The maximum atomic E-state index is 11.1. The summed E-state index contributed by atoms with van der Waals surface area (Å²) in [7, 11) is -0.775. The summed E-state index contributed by atoms with van der Waals surface area (Å²) in [4.78, 5) is 10.4. The Kier molecular flexibility index (Phi) is 4.96. The molecule has 0 aliphatic heterocycles. The van der Waals surface area contributed by atoms with Crippen LogP contribution in [0.2, 0.25) is 0 Å². The van der Waals surface area contributed by atoms with E-state index in [1.807, 2.05) is 0 Å². The van der Waals surface area contributed by atoms with Crippen LogP contribution in [0.15, 0.2) is 0 Å². The highest BCUT2D eigenvalue weighted by atomic mass is 32.2. The van der Waals surface area contributed by atoms with Crippen LogP contribution in [-0.4, -0.2) is 19.3 Å². The minimum Gasteiger partial charge on any atom is -0.300 e. The molecule has 0 atom stereocenters. The van der Waals surface area contributed by atoms with Crippen molar-refractivity contribution >= 4 is 24.8 Å². The first-order valence-corrected chi connectivity index (χ1v) is 5.06. The zero-order chi connectivity index (χ0) is 8.91. The van der Waals surface area contributed by atoms with Crippen LogP contribution in [0.25, 0.3) is 0 Å². The van der Waals surface area contributed by atoms with E-state index in [2.05, 4.69) is 13.5 Å². The summed E-state index contributed by atoms with van der Waals surface area (Å²) in [6, 6.07) is 0. The van der Waals surface area contributed by atoms with Gasteiger partial charge in [-0.1, -0.05) is 0 Å². The Balaban J connectivity index is 3.89. The molecular weight excluding hydrogens is 189 g/mol. The normalized spacial score (nSPS) is 11.5. The smallest absolute Gasteiger partial charge is 0.300 e. The van der Waals surface area contributed by atoms with Crippen molar-refractivity contribution in [2.75, 3.05) is 14.2 Å². The van der Waals surface area contributed by atoms with Gasteiger partial charge in [0.15, 0.2) is 0 Å². The minimum atomic E-state index is -3.24. The molecule has 0 aromatic carbocycles. The SMILES string of the molecule is COP(=O)(NSC(C)=O)OC. The van der Waals surface area contributed by atoms with E-state index >= 15 is 0 Å². The molecule has 0 aliphatic carbocycles. The Morgan fingerprint density at radius 2 is 1.91 bits per heavy atom. The summed E-state index contributed by atoms with van der Waals surface area (Å²) in [6.07, 6.45) is 0. The molecule has 0 aromatic heterocycles. The molecule has 0 rings (SSSR count). The Hall–Kier alpha value is 0.130. The lowest BCUT2D eigenvalue weighted by atomic mass is 10.9. The molecule has 0 heterocycles. The van der Waals surface area contributed by atoms with E-state index in [9.17, 15) is 9.36 Å². The molecule has 0 amide bonds. The molecule has 0 unspecified atom stereocenters. The van der Waals surface area contributed by atoms with Gasteiger partial charge in [0, 0.05) is 33.1 Å². The van der Waals surface area contributed by atoms with Gasteiger partial charge in [-0.2, -0.15) is 4.49 Å². The standard InChI is InChI=1S/C4H10NO4PS/c1-4(6)11-5-10(7,8-2)9-3/h1-3H3,(H,5,7). The van der Waals surface area contributed by atoms with Gasteiger partial charge in [-0.05, 0) is 0 Å². The quantitative estimate of drug-likeness (QED) is 0.541. The van der Waals surface area contributed by atoms with Gasteiger partial charge in [0.05, 0.1) is 0 Å². The van der Waals surface area contributed by atoms with Crippen molar-refractivity contribution in [1.82, 2.24) is 4.49 Å². The molecule has 11 heavy (non-hydrogen) atoms. The van der Waals surface area contributed by atoms with E-state index in [4.69, 9.17) is 0 Å². The van der Waals surface area contributed by atoms with Crippen molar-refractivity contribution in [3.63, 3.8) is 0 Å². The van der Waals surface area contributed by atoms with Crippen LogP contribution in [0.5, 0.6) is 0 Å². The molecule has 0 bridgehead atoms. The summed E-state index contributed by atoms with van der Waals surface area (Å²) in [5, 5.41) is -0.209. The number of nitrogens with one attached hydrogen (secondary N) is 1. The van der Waals surface area contributed by atoms with Crippen molar-refractivity contribution in [2.45, 2.75) is 6.92 Å². The molecule has 0 aromatic rings. The molecule has 0 radical (unpaired) electrons. The summed E-state index contributed by atoms with van der Waals surface area (Å²) >= 11 is 0.685. The van der Waals surface area contributed by atoms with Gasteiger partial charge < -0.3 is 0 Å². The fraction of sp³-hybridized carbons (Fsp3) is 0.750. The molecule has 0 spiro atoms. The van der Waals surface area contributed by atoms with Crippen LogP contribution in [-0.2, 0) is 18.4 Å². The van der Waals surface area contributed by atoms with Gasteiger partial charge in [0.1, 0.15) is 0 Å². The maximum Gasteiger partial charge on any atom is 0.414 e. The molecule has 5 nitrogen and oxygen atoms in total. The first-order chi connectivity index (χ1) is 5.04. The summed E-state index contributed by atoms with van der Waals surface area (Å²) < 4.78 is 22.4. The van der Waals surface area contributed by atoms with Crippen LogP contribution >= 0.6 is 19.7 Å². The second-order valence-corrected chi connectivity index (χ2v) is 4.78. The van der Waals surface area contributed by atoms with E-state index < -0.39 is 7.75 Å². The molecule has 7 heteroatoms. The van der Waals surface area contributed by atoms with E-state index in [1.165, 1.54) is 21.1 Å².